The van der Waals surface area contributed by atoms with E-state index in [0.717, 1.165) is 16.6 Å². The van der Waals surface area contributed by atoms with Gasteiger partial charge in [-0.1, -0.05) is 16.5 Å². The van der Waals surface area contributed by atoms with Crippen LogP contribution in [0.1, 0.15) is 6.92 Å². The normalized spacial score (nSPS) is 11.2. The van der Waals surface area contributed by atoms with Crippen molar-refractivity contribution in [1.29, 1.82) is 0 Å². The summed E-state index contributed by atoms with van der Waals surface area (Å²) in [5.41, 5.74) is 1.29. The fourth-order valence-electron chi connectivity index (χ4n) is 2.11. The van der Waals surface area contributed by atoms with Gasteiger partial charge in [0.1, 0.15) is 7.05 Å². The summed E-state index contributed by atoms with van der Waals surface area (Å²) in [6.07, 6.45) is 0. The Hall–Kier alpha value is -2.37. The van der Waals surface area contributed by atoms with Gasteiger partial charge in [0.2, 0.25) is 0 Å². The number of nitrogens with one attached hydrogen (secondary N) is 1. The second-order valence-corrected chi connectivity index (χ2v) is 3.98. The molecule has 0 atom stereocenters. The summed E-state index contributed by atoms with van der Waals surface area (Å²) in [5.74, 6) is 0. The first kappa shape index (κ1) is 10.8. The van der Waals surface area contributed by atoms with Crippen LogP contribution in [0.3, 0.4) is 0 Å². The number of para-hydroxylation sites is 1. The van der Waals surface area contributed by atoms with Gasteiger partial charge >= 0.3 is 17.3 Å². The fourth-order valence-corrected chi connectivity index (χ4v) is 2.11. The summed E-state index contributed by atoms with van der Waals surface area (Å²) in [7, 11) is 1.79. The first-order valence-corrected chi connectivity index (χ1v) is 5.74. The predicted molar refractivity (Wildman–Crippen MR) is 65.7 cm³/mol. The molecule has 0 spiro atoms. The van der Waals surface area contributed by atoms with Crippen LogP contribution < -0.4 is 15.1 Å². The number of hydrogen-bond donors (Lipinski definition) is 1. The van der Waals surface area contributed by atoms with Gasteiger partial charge in [-0.3, -0.25) is 0 Å². The molecule has 0 aliphatic carbocycles. The molecule has 3 aromatic rings. The van der Waals surface area contributed by atoms with Crippen molar-refractivity contribution < 1.29 is 9.42 Å². The van der Waals surface area contributed by atoms with Crippen molar-refractivity contribution in [3.05, 3.63) is 34.7 Å². The van der Waals surface area contributed by atoms with E-state index >= 15 is 0 Å². The number of aromatic amines is 1. The minimum atomic E-state index is -0.255. The third-order valence-corrected chi connectivity index (χ3v) is 2.82. The molecule has 0 saturated heterocycles. The van der Waals surface area contributed by atoms with E-state index in [2.05, 4.69) is 10.1 Å². The van der Waals surface area contributed by atoms with Crippen molar-refractivity contribution in [2.45, 2.75) is 6.92 Å². The Morgan fingerprint density at radius 1 is 1.44 bits per heavy atom. The second-order valence-electron chi connectivity index (χ2n) is 3.98. The Kier molecular flexibility index (Phi) is 2.29. The number of rotatable bonds is 2. The van der Waals surface area contributed by atoms with E-state index in [9.17, 15) is 4.79 Å². The quantitative estimate of drug-likeness (QED) is 0.665. The third-order valence-electron chi connectivity index (χ3n) is 2.82. The van der Waals surface area contributed by atoms with Gasteiger partial charge in [-0.15, -0.1) is 0 Å². The maximum Gasteiger partial charge on any atom is 0.453 e. The van der Waals surface area contributed by atoms with Crippen molar-refractivity contribution in [2.75, 3.05) is 6.61 Å². The van der Waals surface area contributed by atoms with Crippen LogP contribution in [0.2, 0.25) is 0 Å². The zero-order valence-electron chi connectivity index (χ0n) is 10.2. The zero-order valence-corrected chi connectivity index (χ0v) is 10.2. The van der Waals surface area contributed by atoms with Gasteiger partial charge in [0.25, 0.3) is 0 Å². The summed E-state index contributed by atoms with van der Waals surface area (Å²) in [4.78, 5) is 16.3. The number of hydrogen-bond acceptors (Lipinski definition) is 3. The van der Waals surface area contributed by atoms with Gasteiger partial charge < -0.3 is 4.74 Å². The molecule has 1 aromatic carbocycles. The highest BCUT2D eigenvalue weighted by Crippen LogP contribution is 2.18. The molecule has 6 heteroatoms. The summed E-state index contributed by atoms with van der Waals surface area (Å²) in [6, 6.07) is 7.97. The number of aryl methyl sites for hydroxylation is 1. The van der Waals surface area contributed by atoms with Crippen LogP contribution in [0.4, 0.5) is 0 Å². The van der Waals surface area contributed by atoms with Crippen LogP contribution in [-0.4, -0.2) is 21.1 Å². The lowest BCUT2D eigenvalue weighted by atomic mass is 10.2. The number of benzene rings is 1. The van der Waals surface area contributed by atoms with Crippen molar-refractivity contribution in [1.82, 2.24) is 14.5 Å². The number of fused-ring (bicyclic) bond motifs is 3. The molecule has 0 unspecified atom stereocenters. The van der Waals surface area contributed by atoms with Crippen LogP contribution >= 0.6 is 0 Å². The first-order valence-electron chi connectivity index (χ1n) is 5.74. The molecular weight excluding hydrogens is 232 g/mol. The van der Waals surface area contributed by atoms with Crippen LogP contribution in [-0.2, 0) is 7.05 Å². The number of H-pyrrole nitrogens is 1. The molecule has 0 aliphatic rings. The largest absolute Gasteiger partial charge is 0.453 e. The monoisotopic (exact) mass is 245 g/mol. The van der Waals surface area contributed by atoms with E-state index in [1.54, 1.807) is 11.7 Å². The maximum atomic E-state index is 11.9. The van der Waals surface area contributed by atoms with Crippen molar-refractivity contribution in [2.24, 2.45) is 7.05 Å². The molecule has 6 nitrogen and oxygen atoms in total. The number of nitrogens with zero attached hydrogens (tertiary/aromatic N) is 3. The Balaban J connectivity index is 2.56. The summed E-state index contributed by atoms with van der Waals surface area (Å²) in [6.45, 7) is 2.32. The molecule has 0 fully saturated rings. The first-order chi connectivity index (χ1) is 8.72. The van der Waals surface area contributed by atoms with Gasteiger partial charge in [-0.25, -0.2) is 4.79 Å². The van der Waals surface area contributed by atoms with Crippen LogP contribution in [0, 0.1) is 0 Å². The molecule has 0 saturated carbocycles. The lowest BCUT2D eigenvalue weighted by Crippen LogP contribution is -2.32. The Morgan fingerprint density at radius 2 is 2.22 bits per heavy atom. The summed E-state index contributed by atoms with van der Waals surface area (Å²) >= 11 is 0. The molecule has 2 aromatic heterocycles. The highest BCUT2D eigenvalue weighted by molar-refractivity contribution is 5.89. The van der Waals surface area contributed by atoms with E-state index in [-0.39, 0.29) is 5.69 Å². The Labute approximate surface area is 102 Å². The number of ether oxygens (including phenoxy) is 1. The third kappa shape index (κ3) is 1.38. The standard InChI is InChI=1S/C12H12N4O2/c1-3-18-12-13-9-7-5-4-6-8(9)10-15(2)14-11(17)16(10)12/h4-7H,3H2,1-2H3/p+1. The van der Waals surface area contributed by atoms with Crippen LogP contribution in [0.15, 0.2) is 29.1 Å². The molecule has 1 N–H and O–H groups in total. The van der Waals surface area contributed by atoms with E-state index in [0.29, 0.717) is 12.6 Å². The zero-order chi connectivity index (χ0) is 12.7. The van der Waals surface area contributed by atoms with Crippen molar-refractivity contribution in [3.8, 4) is 6.01 Å². The highest BCUT2D eigenvalue weighted by Gasteiger charge is 2.22. The smallest absolute Gasteiger partial charge is 0.447 e. The lowest BCUT2D eigenvalue weighted by Gasteiger charge is -2.01. The molecule has 0 amide bonds. The molecule has 92 valence electrons. The topological polar surface area (TPSA) is 63.3 Å². The average Bonchev–Trinajstić information content (AvgIpc) is 2.66. The molecule has 0 bridgehead atoms. The van der Waals surface area contributed by atoms with Crippen LogP contribution in [0.5, 0.6) is 6.01 Å². The SMILES string of the molecule is CCOc1nc2ccccc2c2n1c(=O)[nH][n+]2C. The Morgan fingerprint density at radius 3 is 3.00 bits per heavy atom. The minimum absolute atomic E-state index is 0.255. The van der Waals surface area contributed by atoms with Crippen LogP contribution in [0.25, 0.3) is 16.6 Å². The fraction of sp³-hybridized carbons (Fsp3) is 0.250. The molecule has 18 heavy (non-hydrogen) atoms. The molecule has 3 rings (SSSR count). The van der Waals surface area contributed by atoms with E-state index in [1.165, 1.54) is 4.40 Å². The maximum absolute atomic E-state index is 11.9. The lowest BCUT2D eigenvalue weighted by molar-refractivity contribution is -0.704. The molecule has 2 heterocycles. The second kappa shape index (κ2) is 3.83. The van der Waals surface area contributed by atoms with E-state index in [4.69, 9.17) is 4.74 Å². The van der Waals surface area contributed by atoms with E-state index in [1.807, 2.05) is 31.2 Å². The van der Waals surface area contributed by atoms with E-state index < -0.39 is 0 Å². The molecular formula is C12H13N4O2+. The highest BCUT2D eigenvalue weighted by atomic mass is 16.5. The average molecular weight is 245 g/mol. The summed E-state index contributed by atoms with van der Waals surface area (Å²) < 4.78 is 8.57. The molecule has 0 radical (unpaired) electrons. The number of aromatic nitrogens is 4. The van der Waals surface area contributed by atoms with Gasteiger partial charge in [0.15, 0.2) is 0 Å². The minimum Gasteiger partial charge on any atom is -0.447 e. The van der Waals surface area contributed by atoms with Gasteiger partial charge in [0, 0.05) is 0 Å². The van der Waals surface area contributed by atoms with Gasteiger partial charge in [0.05, 0.1) is 17.5 Å². The molecule has 0 aliphatic heterocycles. The predicted octanol–water partition coefficient (Wildman–Crippen LogP) is 0.399. The van der Waals surface area contributed by atoms with Gasteiger partial charge in [-0.05, 0) is 19.1 Å². The van der Waals surface area contributed by atoms with Crippen molar-refractivity contribution >= 4 is 16.6 Å². The van der Waals surface area contributed by atoms with Crippen molar-refractivity contribution in [3.63, 3.8) is 0 Å². The summed E-state index contributed by atoms with van der Waals surface area (Å²) in [5, 5.41) is 3.61. The van der Waals surface area contributed by atoms with Gasteiger partial charge in [-0.2, -0.15) is 14.8 Å². The Bertz CT molecular complexity index is 788.